The first-order chi connectivity index (χ1) is 5.84. The van der Waals surface area contributed by atoms with E-state index >= 15 is 0 Å². The second kappa shape index (κ2) is 2.51. The summed E-state index contributed by atoms with van der Waals surface area (Å²) in [5.41, 5.74) is 0. The molecular weight excluding hydrogens is 203 g/mol. The summed E-state index contributed by atoms with van der Waals surface area (Å²) in [5.74, 6) is 0.182. The van der Waals surface area contributed by atoms with Gasteiger partial charge in [0.15, 0.2) is 5.13 Å². The van der Waals surface area contributed by atoms with Crippen LogP contribution >= 0.6 is 11.6 Å². The van der Waals surface area contributed by atoms with Crippen LogP contribution in [0, 0.1) is 5.92 Å². The van der Waals surface area contributed by atoms with Crippen molar-refractivity contribution < 1.29 is 4.39 Å². The van der Waals surface area contributed by atoms with E-state index in [0.29, 0.717) is 0 Å². The largest absolute Gasteiger partial charge is 0.226 e. The van der Waals surface area contributed by atoms with Crippen LogP contribution in [0.3, 0.4) is 0 Å². The third-order valence-electron chi connectivity index (χ3n) is 4.20. The maximum absolute atomic E-state index is 14.1. The van der Waals surface area contributed by atoms with Crippen molar-refractivity contribution in [2.24, 2.45) is 5.92 Å². The van der Waals surface area contributed by atoms with Crippen molar-refractivity contribution in [2.75, 3.05) is 0 Å². The molecule has 0 aromatic carbocycles. The molecule has 0 spiro atoms. The number of alkyl halides is 2. The molecule has 0 N–H and O–H groups in total. The van der Waals surface area contributed by atoms with E-state index in [2.05, 4.69) is 19.6 Å². The van der Waals surface area contributed by atoms with Gasteiger partial charge in [0.2, 0.25) is 0 Å². The summed E-state index contributed by atoms with van der Waals surface area (Å²) in [6, 6.07) is 0. The second-order valence-electron chi connectivity index (χ2n) is 5.64. The van der Waals surface area contributed by atoms with Gasteiger partial charge in [-0.3, -0.25) is 0 Å². The Morgan fingerprint density at radius 3 is 2.31 bits per heavy atom. The number of hydrogen-bond donors (Lipinski definition) is 0. The fourth-order valence-electron chi connectivity index (χ4n) is 3.45. The van der Waals surface area contributed by atoms with Crippen LogP contribution in [0.25, 0.3) is 0 Å². The lowest BCUT2D eigenvalue weighted by Gasteiger charge is -2.32. The fraction of sp³-hybridized carbons (Fsp3) is 1.00. The average Bonchev–Trinajstić information content (AvgIpc) is 2.51. The number of halogens is 2. The van der Waals surface area contributed by atoms with Crippen LogP contribution in [-0.4, -0.2) is 13.2 Å². The van der Waals surface area contributed by atoms with E-state index in [1.807, 2.05) is 0 Å². The summed E-state index contributed by atoms with van der Waals surface area (Å²) in [5, 5.41) is -1.42. The van der Waals surface area contributed by atoms with Crippen molar-refractivity contribution in [3.05, 3.63) is 0 Å². The number of fused-ring (bicyclic) bond motifs is 1. The highest BCUT2D eigenvalue weighted by atomic mass is 35.5. The molecule has 0 unspecified atom stereocenters. The minimum absolute atomic E-state index is 0.0835. The van der Waals surface area contributed by atoms with E-state index in [1.165, 1.54) is 12.8 Å². The maximum Gasteiger partial charge on any atom is 0.190 e. The Bertz CT molecular complexity index is 234. The van der Waals surface area contributed by atoms with Gasteiger partial charge >= 0.3 is 0 Å². The lowest BCUT2D eigenvalue weighted by Crippen LogP contribution is -2.35. The zero-order valence-electron chi connectivity index (χ0n) is 8.66. The van der Waals surface area contributed by atoms with Gasteiger partial charge in [-0.2, -0.15) is 0 Å². The highest BCUT2D eigenvalue weighted by Gasteiger charge is 2.81. The molecule has 2 saturated carbocycles. The molecule has 0 nitrogen and oxygen atoms in total. The van der Waals surface area contributed by atoms with E-state index in [-0.39, 0.29) is 11.0 Å². The predicted octanol–water partition coefficient (Wildman–Crippen LogP) is 4.17. The summed E-state index contributed by atoms with van der Waals surface area (Å²) in [4.78, 5) is 0. The Morgan fingerprint density at radius 2 is 1.92 bits per heavy atom. The van der Waals surface area contributed by atoms with Crippen LogP contribution in [0.1, 0.15) is 25.7 Å². The van der Waals surface area contributed by atoms with Crippen molar-refractivity contribution in [2.45, 2.75) is 55.5 Å². The van der Waals surface area contributed by atoms with Crippen LogP contribution in [0.15, 0.2) is 0 Å². The summed E-state index contributed by atoms with van der Waals surface area (Å²) in [7, 11) is -1.45. The molecule has 2 aliphatic rings. The Hall–Kier alpha value is 0.437. The SMILES string of the molecule is C[Si](C)(C)[C@]12CCCC[C@H]1[C@]2(F)Cl. The molecule has 0 radical (unpaired) electrons. The van der Waals surface area contributed by atoms with E-state index in [4.69, 9.17) is 11.6 Å². The first kappa shape index (κ1) is 9.97. The number of hydrogen-bond acceptors (Lipinski definition) is 0. The summed E-state index contributed by atoms with van der Waals surface area (Å²) in [6.07, 6.45) is 4.41. The zero-order chi connectivity index (χ0) is 9.91. The second-order valence-corrected chi connectivity index (χ2v) is 11.6. The molecule has 76 valence electrons. The normalized spacial score (nSPS) is 50.1. The molecule has 3 atom stereocenters. The predicted molar refractivity (Wildman–Crippen MR) is 57.7 cm³/mol. The highest BCUT2D eigenvalue weighted by Crippen LogP contribution is 2.82. The Kier molecular flexibility index (Phi) is 1.93. The molecule has 0 aromatic heterocycles. The lowest BCUT2D eigenvalue weighted by atomic mass is 10.0. The van der Waals surface area contributed by atoms with Gasteiger partial charge in [0.05, 0.1) is 8.07 Å². The highest BCUT2D eigenvalue weighted by molar-refractivity contribution is 6.81. The standard InChI is InChI=1S/C10H18ClFSi/c1-13(2,3)9-7-5-4-6-8(9)10(9,11)12/h8H,4-7H2,1-3H3/t8-,9-,10-/m1/s1. The van der Waals surface area contributed by atoms with Crippen LogP contribution in [0.5, 0.6) is 0 Å². The molecule has 0 aliphatic heterocycles. The first-order valence-electron chi connectivity index (χ1n) is 5.22. The van der Waals surface area contributed by atoms with Crippen molar-refractivity contribution in [1.29, 1.82) is 0 Å². The Morgan fingerprint density at radius 1 is 1.31 bits per heavy atom. The molecule has 0 bridgehead atoms. The van der Waals surface area contributed by atoms with Crippen molar-refractivity contribution in [3.63, 3.8) is 0 Å². The van der Waals surface area contributed by atoms with Gasteiger partial charge in [-0.1, -0.05) is 44.1 Å². The van der Waals surface area contributed by atoms with Gasteiger partial charge in [0.1, 0.15) is 0 Å². The first-order valence-corrected chi connectivity index (χ1v) is 9.10. The third-order valence-corrected chi connectivity index (χ3v) is 8.59. The van der Waals surface area contributed by atoms with Crippen LogP contribution in [0.4, 0.5) is 4.39 Å². The van der Waals surface area contributed by atoms with Gasteiger partial charge in [-0.15, -0.1) is 0 Å². The van der Waals surface area contributed by atoms with Crippen LogP contribution in [-0.2, 0) is 0 Å². The van der Waals surface area contributed by atoms with Crippen LogP contribution < -0.4 is 0 Å². The molecule has 2 fully saturated rings. The monoisotopic (exact) mass is 220 g/mol. The molecule has 2 rings (SSSR count). The third kappa shape index (κ3) is 1.02. The van der Waals surface area contributed by atoms with E-state index < -0.39 is 13.2 Å². The summed E-state index contributed by atoms with van der Waals surface area (Å²) in [6.45, 7) is 6.78. The topological polar surface area (TPSA) is 0 Å². The quantitative estimate of drug-likeness (QED) is 0.460. The molecule has 2 aliphatic carbocycles. The minimum Gasteiger partial charge on any atom is -0.226 e. The van der Waals surface area contributed by atoms with E-state index in [0.717, 1.165) is 12.8 Å². The van der Waals surface area contributed by atoms with E-state index in [9.17, 15) is 4.39 Å². The fourth-order valence-corrected chi connectivity index (χ4v) is 8.28. The molecular formula is C10H18ClFSi. The molecule has 3 heteroatoms. The van der Waals surface area contributed by atoms with Crippen molar-refractivity contribution in [3.8, 4) is 0 Å². The molecule has 0 heterocycles. The smallest absolute Gasteiger partial charge is 0.190 e. The lowest BCUT2D eigenvalue weighted by molar-refractivity contribution is 0.380. The Balaban J connectivity index is 2.32. The Labute approximate surface area is 85.9 Å². The van der Waals surface area contributed by atoms with Gasteiger partial charge in [0.25, 0.3) is 0 Å². The molecule has 0 aromatic rings. The van der Waals surface area contributed by atoms with Gasteiger partial charge in [0, 0.05) is 11.0 Å². The number of rotatable bonds is 1. The molecule has 13 heavy (non-hydrogen) atoms. The van der Waals surface area contributed by atoms with Crippen molar-refractivity contribution in [1.82, 2.24) is 0 Å². The zero-order valence-corrected chi connectivity index (χ0v) is 10.4. The van der Waals surface area contributed by atoms with Gasteiger partial charge in [-0.25, -0.2) is 4.39 Å². The minimum atomic E-state index is -1.45. The summed E-state index contributed by atoms with van der Waals surface area (Å²) < 4.78 is 14.1. The average molecular weight is 221 g/mol. The maximum atomic E-state index is 14.1. The molecule has 0 amide bonds. The van der Waals surface area contributed by atoms with E-state index in [1.54, 1.807) is 0 Å². The molecule has 0 saturated heterocycles. The van der Waals surface area contributed by atoms with Crippen LogP contribution in [0.2, 0.25) is 24.7 Å². The summed E-state index contributed by atoms with van der Waals surface area (Å²) >= 11 is 6.02. The van der Waals surface area contributed by atoms with Gasteiger partial charge in [-0.05, 0) is 12.8 Å². The van der Waals surface area contributed by atoms with Gasteiger partial charge < -0.3 is 0 Å². The van der Waals surface area contributed by atoms with Crippen molar-refractivity contribution >= 4 is 19.7 Å².